The number of amides is 1. The first-order valence-electron chi connectivity index (χ1n) is 9.33. The van der Waals surface area contributed by atoms with Crippen molar-refractivity contribution < 1.29 is 13.2 Å². The Morgan fingerprint density at radius 1 is 1.27 bits per heavy atom. The summed E-state index contributed by atoms with van der Waals surface area (Å²) in [5.74, 6) is 0.652. The molecule has 146 valence electrons. The van der Waals surface area contributed by atoms with Crippen molar-refractivity contribution in [3.8, 4) is 0 Å². The van der Waals surface area contributed by atoms with Gasteiger partial charge in [0.1, 0.15) is 0 Å². The van der Waals surface area contributed by atoms with Crippen LogP contribution in [-0.2, 0) is 14.8 Å². The van der Waals surface area contributed by atoms with E-state index in [0.29, 0.717) is 18.4 Å². The molecule has 1 amide bonds. The van der Waals surface area contributed by atoms with Crippen molar-refractivity contribution in [2.75, 3.05) is 19.6 Å². The lowest BCUT2D eigenvalue weighted by molar-refractivity contribution is -0.132. The highest BCUT2D eigenvalue weighted by molar-refractivity contribution is 7.89. The highest BCUT2D eigenvalue weighted by Gasteiger charge is 2.25. The Labute approximate surface area is 157 Å². The second kappa shape index (κ2) is 8.97. The van der Waals surface area contributed by atoms with Crippen LogP contribution in [-0.4, -0.2) is 44.9 Å². The summed E-state index contributed by atoms with van der Waals surface area (Å²) in [7, 11) is -3.59. The number of rotatable bonds is 7. The van der Waals surface area contributed by atoms with Crippen LogP contribution in [0.4, 0.5) is 0 Å². The molecule has 2 rings (SSSR count). The Morgan fingerprint density at radius 2 is 1.92 bits per heavy atom. The van der Waals surface area contributed by atoms with Gasteiger partial charge in [0, 0.05) is 32.1 Å². The molecule has 2 unspecified atom stereocenters. The Bertz CT molecular complexity index is 699. The summed E-state index contributed by atoms with van der Waals surface area (Å²) in [5, 5.41) is 0. The van der Waals surface area contributed by atoms with Crippen molar-refractivity contribution in [1.29, 1.82) is 0 Å². The zero-order valence-electron chi connectivity index (χ0n) is 15.9. The summed E-state index contributed by atoms with van der Waals surface area (Å²) >= 11 is 0. The fourth-order valence-electron chi connectivity index (χ4n) is 3.23. The highest BCUT2D eigenvalue weighted by atomic mass is 32.2. The second-order valence-corrected chi connectivity index (χ2v) is 9.24. The van der Waals surface area contributed by atoms with Crippen LogP contribution in [0.25, 0.3) is 0 Å². The van der Waals surface area contributed by atoms with Crippen LogP contribution in [0.5, 0.6) is 0 Å². The average Bonchev–Trinajstić information content (AvgIpc) is 2.61. The number of hydrogen-bond acceptors (Lipinski definition) is 4. The fourth-order valence-corrected chi connectivity index (χ4v) is 4.26. The maximum absolute atomic E-state index is 12.4. The number of carbonyl (C=O) groups excluding carboxylic acids is 1. The first-order valence-corrected chi connectivity index (χ1v) is 10.8. The zero-order valence-corrected chi connectivity index (χ0v) is 16.8. The minimum absolute atomic E-state index is 0.0202. The zero-order chi connectivity index (χ0) is 19.3. The van der Waals surface area contributed by atoms with Crippen molar-refractivity contribution in [1.82, 2.24) is 9.62 Å². The van der Waals surface area contributed by atoms with Gasteiger partial charge < -0.3 is 10.6 Å². The Hall–Kier alpha value is -1.44. The molecule has 1 fully saturated rings. The van der Waals surface area contributed by atoms with Crippen LogP contribution in [0, 0.1) is 5.92 Å². The summed E-state index contributed by atoms with van der Waals surface area (Å²) in [6, 6.07) is 6.94. The standard InChI is InChI=1S/C19H31N3O3S/c1-14(2)16-6-8-18(9-7-16)26(24,25)21-11-10-19(23)22-12-4-5-17(13-22)15(3)20/h6-9,14-15,17,21H,4-5,10-13,20H2,1-3H3. The number of nitrogens with one attached hydrogen (secondary N) is 1. The maximum atomic E-state index is 12.4. The molecule has 0 saturated carbocycles. The van der Waals surface area contributed by atoms with Crippen LogP contribution < -0.4 is 10.5 Å². The van der Waals surface area contributed by atoms with Gasteiger partial charge in [-0.25, -0.2) is 13.1 Å². The topological polar surface area (TPSA) is 92.5 Å². The van der Waals surface area contributed by atoms with E-state index in [9.17, 15) is 13.2 Å². The van der Waals surface area contributed by atoms with Gasteiger partial charge in [0.2, 0.25) is 15.9 Å². The average molecular weight is 382 g/mol. The van der Waals surface area contributed by atoms with Gasteiger partial charge in [-0.2, -0.15) is 0 Å². The van der Waals surface area contributed by atoms with Crippen LogP contribution in [0.15, 0.2) is 29.2 Å². The number of piperidine rings is 1. The Kier molecular flexibility index (Phi) is 7.20. The quantitative estimate of drug-likeness (QED) is 0.756. The number of nitrogens with zero attached hydrogens (tertiary/aromatic N) is 1. The van der Waals surface area contributed by atoms with Gasteiger partial charge in [-0.3, -0.25) is 4.79 Å². The number of carbonyl (C=O) groups is 1. The Morgan fingerprint density at radius 3 is 2.50 bits per heavy atom. The first kappa shape index (κ1) is 20.9. The number of hydrogen-bond donors (Lipinski definition) is 2. The lowest BCUT2D eigenvalue weighted by Gasteiger charge is -2.34. The molecule has 1 aliphatic heterocycles. The van der Waals surface area contributed by atoms with E-state index < -0.39 is 10.0 Å². The molecule has 1 heterocycles. The first-order chi connectivity index (χ1) is 12.2. The third-order valence-electron chi connectivity index (χ3n) is 5.04. The van der Waals surface area contributed by atoms with Gasteiger partial charge in [0.25, 0.3) is 0 Å². The van der Waals surface area contributed by atoms with Crippen LogP contribution in [0.2, 0.25) is 0 Å². The molecule has 0 spiro atoms. The predicted octanol–water partition coefficient (Wildman–Crippen LogP) is 2.06. The van der Waals surface area contributed by atoms with Gasteiger partial charge in [-0.15, -0.1) is 0 Å². The van der Waals surface area contributed by atoms with Gasteiger partial charge in [0.05, 0.1) is 4.90 Å². The fraction of sp³-hybridized carbons (Fsp3) is 0.632. The number of likely N-dealkylation sites (tertiary alicyclic amines) is 1. The SMILES string of the molecule is CC(C)c1ccc(S(=O)(=O)NCCC(=O)N2CCCC(C(C)N)C2)cc1. The minimum Gasteiger partial charge on any atom is -0.342 e. The van der Waals surface area contributed by atoms with Crippen molar-refractivity contribution in [2.24, 2.45) is 11.7 Å². The van der Waals surface area contributed by atoms with E-state index >= 15 is 0 Å². The molecule has 1 saturated heterocycles. The minimum atomic E-state index is -3.59. The molecule has 1 aromatic carbocycles. The summed E-state index contributed by atoms with van der Waals surface area (Å²) in [6.45, 7) is 7.59. The monoisotopic (exact) mass is 381 g/mol. The van der Waals surface area contributed by atoms with E-state index in [4.69, 9.17) is 5.73 Å². The molecule has 1 aromatic rings. The van der Waals surface area contributed by atoms with Gasteiger partial charge in [0.15, 0.2) is 0 Å². The number of nitrogens with two attached hydrogens (primary N) is 1. The van der Waals surface area contributed by atoms with Gasteiger partial charge >= 0.3 is 0 Å². The van der Waals surface area contributed by atoms with E-state index in [0.717, 1.165) is 24.9 Å². The molecule has 26 heavy (non-hydrogen) atoms. The van der Waals surface area contributed by atoms with E-state index in [2.05, 4.69) is 18.6 Å². The van der Waals surface area contributed by atoms with E-state index in [1.807, 2.05) is 24.0 Å². The molecule has 0 bridgehead atoms. The molecule has 2 atom stereocenters. The van der Waals surface area contributed by atoms with Crippen molar-refractivity contribution in [3.05, 3.63) is 29.8 Å². The molecular formula is C19H31N3O3S. The molecule has 0 aromatic heterocycles. The van der Waals surface area contributed by atoms with Crippen LogP contribution >= 0.6 is 0 Å². The second-order valence-electron chi connectivity index (χ2n) is 7.47. The van der Waals surface area contributed by atoms with Gasteiger partial charge in [-0.05, 0) is 49.3 Å². The molecule has 7 heteroatoms. The van der Waals surface area contributed by atoms with E-state index in [1.165, 1.54) is 0 Å². The summed E-state index contributed by atoms with van der Waals surface area (Å²) in [5.41, 5.74) is 7.04. The van der Waals surface area contributed by atoms with Crippen LogP contribution in [0.1, 0.15) is 51.5 Å². The Balaban J connectivity index is 1.86. The van der Waals surface area contributed by atoms with Crippen molar-refractivity contribution in [3.63, 3.8) is 0 Å². The third kappa shape index (κ3) is 5.53. The number of sulfonamides is 1. The largest absolute Gasteiger partial charge is 0.342 e. The smallest absolute Gasteiger partial charge is 0.240 e. The van der Waals surface area contributed by atoms with E-state index in [-0.39, 0.29) is 29.8 Å². The molecule has 3 N–H and O–H groups in total. The maximum Gasteiger partial charge on any atom is 0.240 e. The summed E-state index contributed by atoms with van der Waals surface area (Å²) in [4.78, 5) is 14.4. The van der Waals surface area contributed by atoms with Crippen molar-refractivity contribution in [2.45, 2.75) is 56.9 Å². The highest BCUT2D eigenvalue weighted by Crippen LogP contribution is 2.20. The van der Waals surface area contributed by atoms with E-state index in [1.54, 1.807) is 12.1 Å². The summed E-state index contributed by atoms with van der Waals surface area (Å²) < 4.78 is 27.2. The predicted molar refractivity (Wildman–Crippen MR) is 103 cm³/mol. The lowest BCUT2D eigenvalue weighted by Crippen LogP contribution is -2.45. The van der Waals surface area contributed by atoms with Crippen LogP contribution in [0.3, 0.4) is 0 Å². The normalized spacial score (nSPS) is 19.6. The molecule has 0 radical (unpaired) electrons. The molecular weight excluding hydrogens is 350 g/mol. The molecule has 0 aliphatic carbocycles. The number of benzene rings is 1. The van der Waals surface area contributed by atoms with Crippen molar-refractivity contribution >= 4 is 15.9 Å². The van der Waals surface area contributed by atoms with Gasteiger partial charge in [-0.1, -0.05) is 26.0 Å². The molecule has 1 aliphatic rings. The summed E-state index contributed by atoms with van der Waals surface area (Å²) in [6.07, 6.45) is 2.15. The molecule has 6 nitrogen and oxygen atoms in total. The third-order valence-corrected chi connectivity index (χ3v) is 6.52. The lowest BCUT2D eigenvalue weighted by atomic mass is 9.92.